The molecule has 0 radical (unpaired) electrons. The lowest BCUT2D eigenvalue weighted by atomic mass is 9.83. The SMILES string of the molecule is Cc1nc(N2CC3CC(C2)c2cccc(=O)n2C3)c2sccc2n1. The first kappa shape index (κ1) is 14.2. The molecule has 1 fully saturated rings. The summed E-state index contributed by atoms with van der Waals surface area (Å²) in [5.74, 6) is 2.79. The number of hydrogen-bond acceptors (Lipinski definition) is 5. The van der Waals surface area contributed by atoms with Gasteiger partial charge in [0.2, 0.25) is 0 Å². The van der Waals surface area contributed by atoms with E-state index in [0.29, 0.717) is 11.8 Å². The van der Waals surface area contributed by atoms with Crippen molar-refractivity contribution in [3.63, 3.8) is 0 Å². The Hall–Kier alpha value is -2.21. The quantitative estimate of drug-likeness (QED) is 0.685. The van der Waals surface area contributed by atoms with Gasteiger partial charge in [-0.05, 0) is 36.8 Å². The Morgan fingerprint density at radius 1 is 1.17 bits per heavy atom. The number of piperidine rings is 1. The maximum Gasteiger partial charge on any atom is 0.250 e. The van der Waals surface area contributed by atoms with Gasteiger partial charge in [-0.2, -0.15) is 0 Å². The summed E-state index contributed by atoms with van der Waals surface area (Å²) in [6.45, 7) is 4.66. The Labute approximate surface area is 143 Å². The van der Waals surface area contributed by atoms with E-state index in [4.69, 9.17) is 4.98 Å². The zero-order valence-electron chi connectivity index (χ0n) is 13.5. The fourth-order valence-electron chi connectivity index (χ4n) is 4.24. The highest BCUT2D eigenvalue weighted by atomic mass is 32.1. The molecule has 2 atom stereocenters. The number of thiophene rings is 1. The van der Waals surface area contributed by atoms with Crippen LogP contribution in [0, 0.1) is 12.8 Å². The molecule has 0 aliphatic carbocycles. The van der Waals surface area contributed by atoms with E-state index in [1.165, 1.54) is 10.4 Å². The molecular formula is C18H18N4OS. The van der Waals surface area contributed by atoms with Gasteiger partial charge in [-0.3, -0.25) is 4.79 Å². The van der Waals surface area contributed by atoms with E-state index in [0.717, 1.165) is 43.2 Å². The summed E-state index contributed by atoms with van der Waals surface area (Å²) in [6, 6.07) is 7.74. The van der Waals surface area contributed by atoms with E-state index in [9.17, 15) is 4.79 Å². The second-order valence-electron chi connectivity index (χ2n) is 6.83. The maximum atomic E-state index is 12.2. The van der Waals surface area contributed by atoms with Crippen LogP contribution in [0.15, 0.2) is 34.4 Å². The zero-order valence-corrected chi connectivity index (χ0v) is 14.3. The maximum absolute atomic E-state index is 12.2. The molecule has 24 heavy (non-hydrogen) atoms. The Balaban J connectivity index is 1.59. The summed E-state index contributed by atoms with van der Waals surface area (Å²) in [5, 5.41) is 2.09. The minimum atomic E-state index is 0.133. The molecule has 0 aromatic carbocycles. The third kappa shape index (κ3) is 2.09. The lowest BCUT2D eigenvalue weighted by Crippen LogP contribution is -2.47. The fraction of sp³-hybridized carbons (Fsp3) is 0.389. The molecule has 2 aliphatic heterocycles. The van der Waals surface area contributed by atoms with Crippen molar-refractivity contribution in [3.05, 3.63) is 51.5 Å². The van der Waals surface area contributed by atoms with Crippen molar-refractivity contribution < 1.29 is 0 Å². The second kappa shape index (κ2) is 5.14. The average Bonchev–Trinajstić information content (AvgIpc) is 3.03. The molecule has 5 heterocycles. The smallest absolute Gasteiger partial charge is 0.250 e. The summed E-state index contributed by atoms with van der Waals surface area (Å²) in [7, 11) is 0. The van der Waals surface area contributed by atoms with Crippen molar-refractivity contribution in [3.8, 4) is 0 Å². The highest BCUT2D eigenvalue weighted by molar-refractivity contribution is 7.17. The monoisotopic (exact) mass is 338 g/mol. The average molecular weight is 338 g/mol. The van der Waals surface area contributed by atoms with Crippen LogP contribution in [-0.2, 0) is 6.54 Å². The number of rotatable bonds is 1. The van der Waals surface area contributed by atoms with Gasteiger partial charge in [0, 0.05) is 37.3 Å². The third-order valence-electron chi connectivity index (χ3n) is 5.18. The molecule has 2 bridgehead atoms. The molecule has 2 aliphatic rings. The molecular weight excluding hydrogens is 320 g/mol. The van der Waals surface area contributed by atoms with E-state index in [1.807, 2.05) is 17.6 Å². The van der Waals surface area contributed by atoms with Crippen LogP contribution in [0.3, 0.4) is 0 Å². The number of hydrogen-bond donors (Lipinski definition) is 0. The Morgan fingerprint density at radius 2 is 2.08 bits per heavy atom. The molecule has 6 heteroatoms. The van der Waals surface area contributed by atoms with E-state index >= 15 is 0 Å². The molecule has 5 rings (SSSR count). The number of aromatic nitrogens is 3. The van der Waals surface area contributed by atoms with Crippen molar-refractivity contribution in [1.29, 1.82) is 0 Å². The predicted molar refractivity (Wildman–Crippen MR) is 95.9 cm³/mol. The molecule has 0 amide bonds. The highest BCUT2D eigenvalue weighted by Gasteiger charge is 2.35. The van der Waals surface area contributed by atoms with Crippen LogP contribution in [0.25, 0.3) is 10.2 Å². The molecule has 1 saturated heterocycles. The number of fused-ring (bicyclic) bond motifs is 5. The highest BCUT2D eigenvalue weighted by Crippen LogP contribution is 2.38. The minimum absolute atomic E-state index is 0.133. The largest absolute Gasteiger partial charge is 0.354 e. The number of anilines is 1. The second-order valence-corrected chi connectivity index (χ2v) is 7.75. The first-order valence-electron chi connectivity index (χ1n) is 8.35. The lowest BCUT2D eigenvalue weighted by molar-refractivity contribution is 0.281. The summed E-state index contributed by atoms with van der Waals surface area (Å²) in [5.41, 5.74) is 2.35. The van der Waals surface area contributed by atoms with Crippen LogP contribution in [0.4, 0.5) is 5.82 Å². The van der Waals surface area contributed by atoms with Crippen molar-refractivity contribution in [2.24, 2.45) is 5.92 Å². The summed E-state index contributed by atoms with van der Waals surface area (Å²) in [6.07, 6.45) is 1.16. The van der Waals surface area contributed by atoms with Crippen LogP contribution < -0.4 is 10.5 Å². The number of pyridine rings is 1. The van der Waals surface area contributed by atoms with Crippen LogP contribution in [-0.4, -0.2) is 27.6 Å². The molecule has 0 N–H and O–H groups in total. The predicted octanol–water partition coefficient (Wildman–Crippen LogP) is 2.79. The van der Waals surface area contributed by atoms with Gasteiger partial charge >= 0.3 is 0 Å². The van der Waals surface area contributed by atoms with Crippen molar-refractivity contribution in [1.82, 2.24) is 14.5 Å². The van der Waals surface area contributed by atoms with Gasteiger partial charge in [0.25, 0.3) is 5.56 Å². The van der Waals surface area contributed by atoms with Gasteiger partial charge in [-0.25, -0.2) is 9.97 Å². The van der Waals surface area contributed by atoms with Gasteiger partial charge in [0.1, 0.15) is 11.6 Å². The fourth-order valence-corrected chi connectivity index (χ4v) is 5.09. The molecule has 5 nitrogen and oxygen atoms in total. The molecule has 3 aromatic heterocycles. The van der Waals surface area contributed by atoms with Gasteiger partial charge < -0.3 is 9.47 Å². The molecule has 0 saturated carbocycles. The van der Waals surface area contributed by atoms with Gasteiger partial charge in [-0.15, -0.1) is 11.3 Å². The van der Waals surface area contributed by atoms with E-state index in [1.54, 1.807) is 17.4 Å². The normalized spacial score (nSPS) is 22.6. The Kier molecular flexibility index (Phi) is 3.03. The number of nitrogens with zero attached hydrogens (tertiary/aromatic N) is 4. The minimum Gasteiger partial charge on any atom is -0.354 e. The van der Waals surface area contributed by atoms with Crippen LogP contribution in [0.2, 0.25) is 0 Å². The molecule has 0 spiro atoms. The summed E-state index contributed by atoms with van der Waals surface area (Å²) < 4.78 is 3.15. The first-order chi connectivity index (χ1) is 11.7. The van der Waals surface area contributed by atoms with Crippen molar-refractivity contribution in [2.45, 2.75) is 25.8 Å². The van der Waals surface area contributed by atoms with Gasteiger partial charge in [0.15, 0.2) is 0 Å². The van der Waals surface area contributed by atoms with Crippen LogP contribution in [0.1, 0.15) is 23.9 Å². The Morgan fingerprint density at radius 3 is 3.00 bits per heavy atom. The van der Waals surface area contributed by atoms with E-state index in [-0.39, 0.29) is 5.56 Å². The van der Waals surface area contributed by atoms with Crippen LogP contribution >= 0.6 is 11.3 Å². The van der Waals surface area contributed by atoms with Gasteiger partial charge in [0.05, 0.1) is 10.2 Å². The van der Waals surface area contributed by atoms with Crippen molar-refractivity contribution in [2.75, 3.05) is 18.0 Å². The summed E-state index contributed by atoms with van der Waals surface area (Å²) in [4.78, 5) is 23.9. The van der Waals surface area contributed by atoms with E-state index in [2.05, 4.69) is 27.4 Å². The molecule has 2 unspecified atom stereocenters. The first-order valence-corrected chi connectivity index (χ1v) is 9.23. The van der Waals surface area contributed by atoms with E-state index < -0.39 is 0 Å². The van der Waals surface area contributed by atoms with Crippen LogP contribution in [0.5, 0.6) is 0 Å². The Bertz CT molecular complexity index is 992. The molecule has 122 valence electrons. The zero-order chi connectivity index (χ0) is 16.3. The van der Waals surface area contributed by atoms with Crippen molar-refractivity contribution >= 4 is 27.4 Å². The topological polar surface area (TPSA) is 51.0 Å². The van der Waals surface area contributed by atoms with Gasteiger partial charge in [-0.1, -0.05) is 6.07 Å². The summed E-state index contributed by atoms with van der Waals surface area (Å²) >= 11 is 1.71. The third-order valence-corrected chi connectivity index (χ3v) is 6.08. The standard InChI is InChI=1S/C18H18N4OS/c1-11-19-14-5-6-24-17(14)18(20-11)21-8-12-7-13(10-21)15-3-2-4-16(23)22(15)9-12/h2-6,12-13H,7-10H2,1H3. The lowest BCUT2D eigenvalue weighted by Gasteiger charge is -2.43. The molecule has 3 aromatic rings. The number of aryl methyl sites for hydroxylation is 1.